The molecule has 6 nitrogen and oxygen atoms in total. The van der Waals surface area contributed by atoms with E-state index in [1.807, 2.05) is 18.2 Å². The summed E-state index contributed by atoms with van der Waals surface area (Å²) in [5.41, 5.74) is 2.60. The molecule has 1 N–H and O–H groups in total. The van der Waals surface area contributed by atoms with E-state index < -0.39 is 5.60 Å². The number of methoxy groups -OCH3 is 2. The Balaban J connectivity index is 1.26. The lowest BCUT2D eigenvalue weighted by Crippen LogP contribution is -2.80. The fourth-order valence-corrected chi connectivity index (χ4v) is 9.13. The molecule has 6 heteroatoms. The van der Waals surface area contributed by atoms with E-state index in [1.165, 1.54) is 30.5 Å². The highest BCUT2D eigenvalue weighted by Gasteiger charge is 2.80. The number of likely N-dealkylation sites (tertiary alicyclic amines) is 1. The Morgan fingerprint density at radius 3 is 2.74 bits per heavy atom. The molecule has 38 heavy (non-hydrogen) atoms. The molecule has 3 fully saturated rings. The lowest BCUT2D eigenvalue weighted by atomic mass is 9.37. The van der Waals surface area contributed by atoms with Crippen LogP contribution in [0.25, 0.3) is 0 Å². The average molecular weight is 513 g/mol. The molecule has 2 aliphatic heterocycles. The number of benzene rings is 2. The maximum absolute atomic E-state index is 14.1. The quantitative estimate of drug-likeness (QED) is 0.568. The van der Waals surface area contributed by atoms with Gasteiger partial charge in [-0.1, -0.05) is 48.6 Å². The Bertz CT molecular complexity index is 1340. The molecule has 6 atom stereocenters. The topological polar surface area (TPSA) is 60.0 Å². The van der Waals surface area contributed by atoms with E-state index in [0.29, 0.717) is 12.6 Å². The van der Waals surface area contributed by atoms with E-state index in [1.54, 1.807) is 14.2 Å². The van der Waals surface area contributed by atoms with E-state index in [9.17, 15) is 4.79 Å². The highest BCUT2D eigenvalue weighted by atomic mass is 16.6. The molecule has 7 aliphatic rings. The first-order chi connectivity index (χ1) is 18.6. The first-order valence-electron chi connectivity index (χ1n) is 14.2. The Labute approximate surface area is 224 Å². The second-order valence-corrected chi connectivity index (χ2v) is 12.4. The molecule has 2 unspecified atom stereocenters. The maximum Gasteiger partial charge on any atom is 0.226 e. The summed E-state index contributed by atoms with van der Waals surface area (Å²) in [7, 11) is 3.48. The summed E-state index contributed by atoms with van der Waals surface area (Å²) in [6.45, 7) is 2.75. The van der Waals surface area contributed by atoms with Gasteiger partial charge < -0.3 is 19.5 Å². The number of amides is 1. The standard InChI is InChI=1S/C32H36N2O4/c1-36-24-11-10-22-16-25-30-12-13-32(37-2,23(17-30)28(35)33-18-20-6-4-3-5-7-20)29-31(30,26(22)27(24)38-29)14-15-34(25)19-21-8-9-21/h3-7,10-13,21,23,25,29H,8-9,14-19H2,1-2H3,(H,33,35)/t23-,25?,29+,30+,31-,32?/m0/s1. The minimum absolute atomic E-state index is 0.0541. The van der Waals surface area contributed by atoms with E-state index in [0.717, 1.165) is 48.8 Å². The smallest absolute Gasteiger partial charge is 0.226 e. The van der Waals surface area contributed by atoms with Crippen LogP contribution in [0.15, 0.2) is 54.6 Å². The van der Waals surface area contributed by atoms with Gasteiger partial charge in [-0.05, 0) is 61.8 Å². The maximum atomic E-state index is 14.1. The van der Waals surface area contributed by atoms with E-state index in [2.05, 4.69) is 46.6 Å². The van der Waals surface area contributed by atoms with Crippen molar-refractivity contribution in [2.75, 3.05) is 27.3 Å². The molecule has 2 aromatic carbocycles. The molecule has 2 aromatic rings. The molecular formula is C32H36N2O4. The van der Waals surface area contributed by atoms with Crippen molar-refractivity contribution in [3.05, 3.63) is 71.3 Å². The van der Waals surface area contributed by atoms with Gasteiger partial charge in [0.05, 0.1) is 18.4 Å². The lowest BCUT2D eigenvalue weighted by molar-refractivity contribution is -0.215. The van der Waals surface area contributed by atoms with Crippen molar-refractivity contribution in [1.29, 1.82) is 0 Å². The molecule has 2 spiro atoms. The normalized spacial score (nSPS) is 37.5. The third-order valence-corrected chi connectivity index (χ3v) is 10.9. The number of hydrogen-bond acceptors (Lipinski definition) is 5. The summed E-state index contributed by atoms with van der Waals surface area (Å²) in [6.07, 6.45) is 9.88. The van der Waals surface area contributed by atoms with Crippen molar-refractivity contribution < 1.29 is 19.0 Å². The average Bonchev–Trinajstić information content (AvgIpc) is 3.70. The lowest BCUT2D eigenvalue weighted by Gasteiger charge is -2.71. The molecule has 4 bridgehead atoms. The van der Waals surface area contributed by atoms with Gasteiger partial charge in [0.1, 0.15) is 11.7 Å². The van der Waals surface area contributed by atoms with Crippen molar-refractivity contribution in [3.8, 4) is 11.5 Å². The summed E-state index contributed by atoms with van der Waals surface area (Å²) in [6, 6.07) is 14.8. The number of hydrogen-bond donors (Lipinski definition) is 1. The summed E-state index contributed by atoms with van der Waals surface area (Å²) in [5, 5.41) is 3.26. The molecule has 2 heterocycles. The fourth-order valence-electron chi connectivity index (χ4n) is 9.13. The Morgan fingerprint density at radius 1 is 1.13 bits per heavy atom. The minimum Gasteiger partial charge on any atom is -0.493 e. The van der Waals surface area contributed by atoms with Crippen LogP contribution in [0.2, 0.25) is 0 Å². The van der Waals surface area contributed by atoms with Crippen LogP contribution in [0.5, 0.6) is 11.5 Å². The summed E-state index contributed by atoms with van der Waals surface area (Å²) < 4.78 is 19.3. The van der Waals surface area contributed by atoms with Gasteiger partial charge in [0, 0.05) is 37.2 Å². The van der Waals surface area contributed by atoms with Crippen molar-refractivity contribution in [1.82, 2.24) is 10.2 Å². The van der Waals surface area contributed by atoms with Gasteiger partial charge >= 0.3 is 0 Å². The first kappa shape index (κ1) is 23.1. The monoisotopic (exact) mass is 512 g/mol. The number of fused-ring (bicyclic) bond motifs is 1. The van der Waals surface area contributed by atoms with Gasteiger partial charge in [0.25, 0.3) is 0 Å². The first-order valence-corrected chi connectivity index (χ1v) is 14.2. The van der Waals surface area contributed by atoms with Crippen molar-refractivity contribution in [2.45, 2.75) is 61.8 Å². The van der Waals surface area contributed by atoms with Gasteiger partial charge in [-0.25, -0.2) is 0 Å². The number of rotatable bonds is 7. The van der Waals surface area contributed by atoms with Crippen LogP contribution in [0, 0.1) is 17.3 Å². The van der Waals surface area contributed by atoms with Gasteiger partial charge in [-0.2, -0.15) is 0 Å². The van der Waals surface area contributed by atoms with Gasteiger partial charge in [0.15, 0.2) is 11.5 Å². The van der Waals surface area contributed by atoms with Crippen molar-refractivity contribution in [2.24, 2.45) is 17.3 Å². The Hall–Kier alpha value is -2.83. The third kappa shape index (κ3) is 2.73. The van der Waals surface area contributed by atoms with E-state index >= 15 is 0 Å². The number of carbonyl (C=O) groups excluding carboxylic acids is 1. The molecule has 0 radical (unpaired) electrons. The van der Waals surface area contributed by atoms with Gasteiger partial charge in [0.2, 0.25) is 5.91 Å². The number of nitrogens with zero attached hydrogens (tertiary/aromatic N) is 1. The molecule has 1 saturated heterocycles. The SMILES string of the molecule is COc1ccc2c3c1O[C@H]1C4(OC)C=C[C@@]5(C[C@H]4C(=O)NCc4ccccc4)C(C2)N(CC2CC2)CC[C@]315. The largest absolute Gasteiger partial charge is 0.493 e. The molecule has 9 rings (SSSR count). The zero-order chi connectivity index (χ0) is 25.7. The van der Waals surface area contributed by atoms with Crippen LogP contribution in [0.1, 0.15) is 42.4 Å². The van der Waals surface area contributed by atoms with Crippen LogP contribution >= 0.6 is 0 Å². The molecule has 198 valence electrons. The highest BCUT2D eigenvalue weighted by molar-refractivity contribution is 5.83. The molecular weight excluding hydrogens is 476 g/mol. The van der Waals surface area contributed by atoms with Crippen LogP contribution < -0.4 is 14.8 Å². The zero-order valence-electron chi connectivity index (χ0n) is 22.2. The zero-order valence-corrected chi connectivity index (χ0v) is 22.2. The highest BCUT2D eigenvalue weighted by Crippen LogP contribution is 2.74. The minimum atomic E-state index is -0.829. The van der Waals surface area contributed by atoms with E-state index in [4.69, 9.17) is 14.2 Å². The van der Waals surface area contributed by atoms with Gasteiger partial charge in [-0.15, -0.1) is 0 Å². The second kappa shape index (κ2) is 7.86. The Morgan fingerprint density at radius 2 is 1.97 bits per heavy atom. The van der Waals surface area contributed by atoms with Crippen LogP contribution in [0.4, 0.5) is 0 Å². The van der Waals surface area contributed by atoms with Crippen LogP contribution in [-0.4, -0.2) is 55.9 Å². The predicted molar refractivity (Wildman–Crippen MR) is 143 cm³/mol. The van der Waals surface area contributed by atoms with Crippen molar-refractivity contribution >= 4 is 5.91 Å². The second-order valence-electron chi connectivity index (χ2n) is 12.4. The Kier molecular flexibility index (Phi) is 4.77. The third-order valence-electron chi connectivity index (χ3n) is 10.9. The van der Waals surface area contributed by atoms with Crippen molar-refractivity contribution in [3.63, 3.8) is 0 Å². The summed E-state index contributed by atoms with van der Waals surface area (Å²) in [4.78, 5) is 16.8. The summed E-state index contributed by atoms with van der Waals surface area (Å²) >= 11 is 0. The van der Waals surface area contributed by atoms with Gasteiger partial charge in [-0.3, -0.25) is 9.69 Å². The molecule has 0 aromatic heterocycles. The summed E-state index contributed by atoms with van der Waals surface area (Å²) in [5.74, 6) is 2.22. The number of ether oxygens (including phenoxy) is 3. The fraction of sp³-hybridized carbons (Fsp3) is 0.531. The van der Waals surface area contributed by atoms with Crippen LogP contribution in [-0.2, 0) is 27.9 Å². The number of carbonyl (C=O) groups is 1. The van der Waals surface area contributed by atoms with E-state index in [-0.39, 0.29) is 28.8 Å². The number of piperidine rings is 1. The molecule has 2 saturated carbocycles. The van der Waals surface area contributed by atoms with Crippen LogP contribution in [0.3, 0.4) is 0 Å². The molecule has 1 amide bonds. The molecule has 5 aliphatic carbocycles. The predicted octanol–water partition coefficient (Wildman–Crippen LogP) is 4.01. The number of nitrogens with one attached hydrogen (secondary N) is 1.